The number of hydrogen-bond donors (Lipinski definition) is 0. The van der Waals surface area contributed by atoms with E-state index in [-0.39, 0.29) is 6.04 Å². The van der Waals surface area contributed by atoms with Gasteiger partial charge in [0.1, 0.15) is 0 Å². The first-order chi connectivity index (χ1) is 8.82. The average Bonchev–Trinajstić information content (AvgIpc) is 2.30. The molecule has 0 radical (unpaired) electrons. The molecule has 5 heteroatoms. The quantitative estimate of drug-likeness (QED) is 0.806. The summed E-state index contributed by atoms with van der Waals surface area (Å²) in [5.41, 5.74) is 2.79. The third-order valence-corrected chi connectivity index (χ3v) is 4.35. The zero-order valence-corrected chi connectivity index (χ0v) is 13.1. The number of rotatable bonds is 6. The van der Waals surface area contributed by atoms with Crippen LogP contribution in [0.5, 0.6) is 0 Å². The third-order valence-electron chi connectivity index (χ3n) is 3.09. The molecule has 0 aliphatic rings. The summed E-state index contributed by atoms with van der Waals surface area (Å²) in [6, 6.07) is 5.64. The molecular weight excluding hydrogens is 262 g/mol. The van der Waals surface area contributed by atoms with E-state index in [4.69, 9.17) is 4.74 Å². The minimum absolute atomic E-state index is 0.230. The zero-order valence-electron chi connectivity index (χ0n) is 12.3. The number of hydrogen-bond acceptors (Lipinski definition) is 3. The normalized spacial score (nSPS) is 13.3. The first kappa shape index (κ1) is 16.0. The highest BCUT2D eigenvalue weighted by molar-refractivity contribution is 7.92. The van der Waals surface area contributed by atoms with Gasteiger partial charge in [0, 0.05) is 7.11 Å². The van der Waals surface area contributed by atoms with E-state index >= 15 is 0 Å². The Bertz CT molecular complexity index is 525. The van der Waals surface area contributed by atoms with Gasteiger partial charge in [0.05, 0.1) is 24.6 Å². The highest BCUT2D eigenvalue weighted by atomic mass is 32.2. The molecule has 108 valence electrons. The lowest BCUT2D eigenvalue weighted by Crippen LogP contribution is -2.41. The van der Waals surface area contributed by atoms with Gasteiger partial charge in [-0.05, 0) is 31.4 Å². The molecule has 0 saturated heterocycles. The van der Waals surface area contributed by atoms with Crippen LogP contribution in [0.2, 0.25) is 0 Å². The number of nitrogens with zero attached hydrogens (tertiary/aromatic N) is 1. The van der Waals surface area contributed by atoms with Crippen molar-refractivity contribution in [1.29, 1.82) is 0 Å². The first-order valence-corrected chi connectivity index (χ1v) is 8.24. The Morgan fingerprint density at radius 3 is 2.47 bits per heavy atom. The van der Waals surface area contributed by atoms with Gasteiger partial charge in [-0.15, -0.1) is 0 Å². The molecule has 0 saturated carbocycles. The van der Waals surface area contributed by atoms with Crippen LogP contribution in [0.3, 0.4) is 0 Å². The van der Waals surface area contributed by atoms with Gasteiger partial charge < -0.3 is 4.74 Å². The molecule has 0 heterocycles. The Morgan fingerprint density at radius 1 is 1.37 bits per heavy atom. The van der Waals surface area contributed by atoms with Crippen LogP contribution in [-0.2, 0) is 21.2 Å². The molecule has 0 unspecified atom stereocenters. The van der Waals surface area contributed by atoms with Crippen molar-refractivity contribution >= 4 is 15.7 Å². The lowest BCUT2D eigenvalue weighted by Gasteiger charge is -2.31. The predicted octanol–water partition coefficient (Wildman–Crippen LogP) is 2.36. The molecule has 0 fully saturated rings. The minimum Gasteiger partial charge on any atom is -0.383 e. The number of aryl methyl sites for hydroxylation is 2. The minimum atomic E-state index is -3.34. The largest absolute Gasteiger partial charge is 0.383 e. The summed E-state index contributed by atoms with van der Waals surface area (Å²) in [6.07, 6.45) is 2.04. The maximum atomic E-state index is 12.1. The van der Waals surface area contributed by atoms with Gasteiger partial charge in [0.2, 0.25) is 10.0 Å². The Kier molecular flexibility index (Phi) is 5.38. The van der Waals surface area contributed by atoms with Gasteiger partial charge in [0.15, 0.2) is 0 Å². The fraction of sp³-hybridized carbons (Fsp3) is 0.571. The van der Waals surface area contributed by atoms with Crippen molar-refractivity contribution in [2.24, 2.45) is 0 Å². The molecule has 0 aliphatic heterocycles. The summed E-state index contributed by atoms with van der Waals surface area (Å²) in [5.74, 6) is 0. The number of ether oxygens (including phenoxy) is 1. The summed E-state index contributed by atoms with van der Waals surface area (Å²) in [6.45, 7) is 6.19. The average molecular weight is 285 g/mol. The lowest BCUT2D eigenvalue weighted by atomic mass is 10.1. The van der Waals surface area contributed by atoms with Crippen LogP contribution >= 0.6 is 0 Å². The van der Waals surface area contributed by atoms with Crippen molar-refractivity contribution in [3.8, 4) is 0 Å². The zero-order chi connectivity index (χ0) is 14.6. The van der Waals surface area contributed by atoms with Crippen molar-refractivity contribution in [3.63, 3.8) is 0 Å². The molecule has 0 spiro atoms. The molecular formula is C14H23NO3S. The van der Waals surface area contributed by atoms with Crippen molar-refractivity contribution in [2.45, 2.75) is 33.2 Å². The monoisotopic (exact) mass is 285 g/mol. The molecule has 0 amide bonds. The third kappa shape index (κ3) is 3.70. The van der Waals surface area contributed by atoms with E-state index in [1.165, 1.54) is 10.6 Å². The summed E-state index contributed by atoms with van der Waals surface area (Å²) in [5, 5.41) is 0. The van der Waals surface area contributed by atoms with Crippen LogP contribution in [-0.4, -0.2) is 34.4 Å². The van der Waals surface area contributed by atoms with Crippen LogP contribution in [0.15, 0.2) is 18.2 Å². The number of benzene rings is 1. The molecule has 0 aromatic heterocycles. The fourth-order valence-corrected chi connectivity index (χ4v) is 3.65. The maximum absolute atomic E-state index is 12.1. The molecule has 4 nitrogen and oxygen atoms in total. The maximum Gasteiger partial charge on any atom is 0.232 e. The summed E-state index contributed by atoms with van der Waals surface area (Å²) < 4.78 is 30.9. The Morgan fingerprint density at radius 2 is 2.00 bits per heavy atom. The Balaban J connectivity index is 3.42. The Labute approximate surface area is 116 Å². The van der Waals surface area contributed by atoms with Gasteiger partial charge >= 0.3 is 0 Å². The van der Waals surface area contributed by atoms with Crippen molar-refractivity contribution in [3.05, 3.63) is 29.3 Å². The van der Waals surface area contributed by atoms with E-state index in [9.17, 15) is 8.42 Å². The van der Waals surface area contributed by atoms with Gasteiger partial charge in [-0.1, -0.05) is 25.1 Å². The predicted molar refractivity (Wildman–Crippen MR) is 79.2 cm³/mol. The molecule has 1 atom stereocenters. The highest BCUT2D eigenvalue weighted by Gasteiger charge is 2.26. The van der Waals surface area contributed by atoms with E-state index in [1.54, 1.807) is 7.11 Å². The van der Waals surface area contributed by atoms with Crippen LogP contribution in [0.1, 0.15) is 25.0 Å². The van der Waals surface area contributed by atoms with E-state index in [2.05, 4.69) is 0 Å². The highest BCUT2D eigenvalue weighted by Crippen LogP contribution is 2.29. The van der Waals surface area contributed by atoms with Gasteiger partial charge in [0.25, 0.3) is 0 Å². The van der Waals surface area contributed by atoms with Crippen LogP contribution in [0, 0.1) is 6.92 Å². The van der Waals surface area contributed by atoms with Gasteiger partial charge in [-0.2, -0.15) is 0 Å². The first-order valence-electron chi connectivity index (χ1n) is 6.39. The fourth-order valence-electron chi connectivity index (χ4n) is 2.34. The number of sulfonamides is 1. The summed E-state index contributed by atoms with van der Waals surface area (Å²) in [4.78, 5) is 0. The van der Waals surface area contributed by atoms with Gasteiger partial charge in [-0.3, -0.25) is 4.31 Å². The van der Waals surface area contributed by atoms with Gasteiger partial charge in [-0.25, -0.2) is 8.42 Å². The number of methoxy groups -OCH3 is 1. The lowest BCUT2D eigenvalue weighted by molar-refractivity contribution is 0.186. The van der Waals surface area contributed by atoms with E-state index in [0.717, 1.165) is 23.2 Å². The molecule has 19 heavy (non-hydrogen) atoms. The smallest absolute Gasteiger partial charge is 0.232 e. The summed E-state index contributed by atoms with van der Waals surface area (Å²) >= 11 is 0. The molecule has 0 N–H and O–H groups in total. The Hall–Kier alpha value is -1.07. The topological polar surface area (TPSA) is 46.6 Å². The molecule has 0 bridgehead atoms. The molecule has 1 aromatic rings. The second kappa shape index (κ2) is 6.39. The van der Waals surface area contributed by atoms with E-state index < -0.39 is 10.0 Å². The second-order valence-corrected chi connectivity index (χ2v) is 6.66. The van der Waals surface area contributed by atoms with E-state index in [0.29, 0.717) is 6.61 Å². The van der Waals surface area contributed by atoms with Crippen molar-refractivity contribution in [2.75, 3.05) is 24.3 Å². The van der Waals surface area contributed by atoms with Crippen LogP contribution in [0.4, 0.5) is 5.69 Å². The molecule has 0 aliphatic carbocycles. The van der Waals surface area contributed by atoms with E-state index in [1.807, 2.05) is 39.0 Å². The van der Waals surface area contributed by atoms with Crippen molar-refractivity contribution in [1.82, 2.24) is 0 Å². The molecule has 1 aromatic carbocycles. The van der Waals surface area contributed by atoms with Crippen LogP contribution in [0.25, 0.3) is 0 Å². The SMILES string of the molecule is CCc1cccc(C)c1N([C@@H](C)COC)S(C)(=O)=O. The van der Waals surface area contributed by atoms with Crippen molar-refractivity contribution < 1.29 is 13.2 Å². The molecule has 1 rings (SSSR count). The summed E-state index contributed by atoms with van der Waals surface area (Å²) in [7, 11) is -1.76. The number of para-hydroxylation sites is 1. The van der Waals surface area contributed by atoms with Crippen LogP contribution < -0.4 is 4.31 Å². The number of anilines is 1. The second-order valence-electron chi connectivity index (χ2n) is 4.80. The standard InChI is InChI=1S/C14H23NO3S/c1-6-13-9-7-8-11(2)14(13)15(19(5,16)17)12(3)10-18-4/h7-9,12H,6,10H2,1-5H3/t12-/m0/s1.